The number of nitrogens with one attached hydrogen (secondary N) is 1. The molecule has 1 aromatic rings. The second-order valence-corrected chi connectivity index (χ2v) is 6.22. The Morgan fingerprint density at radius 3 is 2.45 bits per heavy atom. The van der Waals surface area contributed by atoms with E-state index < -0.39 is 29.2 Å². The van der Waals surface area contributed by atoms with Crippen LogP contribution in [0.4, 0.5) is 13.2 Å². The molecule has 0 spiro atoms. The Labute approximate surface area is 115 Å². The number of aromatic nitrogens is 1. The number of pyridine rings is 1. The molecule has 1 rings (SSSR count). The standard InChI is InChI=1S/C11H16F3N3O2S/c1-15-7-9-3-4-10(16-8-9)20(18,19)17(2)6-5-11(12,13)14/h3-4,8,15H,5-7H2,1-2H3. The van der Waals surface area contributed by atoms with Gasteiger partial charge in [-0.25, -0.2) is 13.4 Å². The van der Waals surface area contributed by atoms with Crippen molar-refractivity contribution >= 4 is 10.0 Å². The van der Waals surface area contributed by atoms with Crippen molar-refractivity contribution in [3.05, 3.63) is 23.9 Å². The molecule has 0 atom stereocenters. The van der Waals surface area contributed by atoms with Crippen LogP contribution >= 0.6 is 0 Å². The Hall–Kier alpha value is -1.19. The van der Waals surface area contributed by atoms with Crippen LogP contribution in [-0.4, -0.2) is 44.5 Å². The van der Waals surface area contributed by atoms with Crippen molar-refractivity contribution in [1.29, 1.82) is 0 Å². The topological polar surface area (TPSA) is 62.3 Å². The van der Waals surface area contributed by atoms with Gasteiger partial charge in [-0.2, -0.15) is 17.5 Å². The normalized spacial score (nSPS) is 12.9. The quantitative estimate of drug-likeness (QED) is 0.862. The Bertz CT molecular complexity index is 529. The first-order chi connectivity index (χ1) is 9.16. The summed E-state index contributed by atoms with van der Waals surface area (Å²) in [6, 6.07) is 2.85. The monoisotopic (exact) mass is 311 g/mol. The Balaban J connectivity index is 2.81. The van der Waals surface area contributed by atoms with Crippen LogP contribution < -0.4 is 5.32 Å². The van der Waals surface area contributed by atoms with Gasteiger partial charge in [-0.05, 0) is 18.7 Å². The van der Waals surface area contributed by atoms with Gasteiger partial charge in [0.2, 0.25) is 0 Å². The highest BCUT2D eigenvalue weighted by Crippen LogP contribution is 2.21. The smallest absolute Gasteiger partial charge is 0.316 e. The first-order valence-electron chi connectivity index (χ1n) is 5.79. The lowest BCUT2D eigenvalue weighted by Crippen LogP contribution is -2.31. The average Bonchev–Trinajstić information content (AvgIpc) is 2.36. The molecule has 20 heavy (non-hydrogen) atoms. The van der Waals surface area contributed by atoms with Gasteiger partial charge >= 0.3 is 6.18 Å². The zero-order valence-electron chi connectivity index (χ0n) is 11.1. The molecule has 5 nitrogen and oxygen atoms in total. The molecule has 0 aromatic carbocycles. The minimum atomic E-state index is -4.39. The van der Waals surface area contributed by atoms with Gasteiger partial charge in [0.15, 0.2) is 5.03 Å². The van der Waals surface area contributed by atoms with Gasteiger partial charge in [0, 0.05) is 26.3 Å². The fourth-order valence-corrected chi connectivity index (χ4v) is 2.51. The predicted molar refractivity (Wildman–Crippen MR) is 67.5 cm³/mol. The first-order valence-corrected chi connectivity index (χ1v) is 7.23. The third kappa shape index (κ3) is 4.73. The molecule has 0 bridgehead atoms. The minimum absolute atomic E-state index is 0.262. The van der Waals surface area contributed by atoms with Gasteiger partial charge in [-0.3, -0.25) is 0 Å². The maximum Gasteiger partial charge on any atom is 0.390 e. The number of rotatable bonds is 6. The van der Waals surface area contributed by atoms with Gasteiger partial charge in [-0.15, -0.1) is 0 Å². The summed E-state index contributed by atoms with van der Waals surface area (Å²) in [6.07, 6.45) is -4.21. The first kappa shape index (κ1) is 16.9. The number of halogens is 3. The molecule has 0 aliphatic rings. The fraction of sp³-hybridized carbons (Fsp3) is 0.545. The molecular formula is C11H16F3N3O2S. The van der Waals surface area contributed by atoms with E-state index in [0.29, 0.717) is 10.8 Å². The van der Waals surface area contributed by atoms with Gasteiger partial charge in [-0.1, -0.05) is 6.07 Å². The van der Waals surface area contributed by atoms with E-state index >= 15 is 0 Å². The lowest BCUT2D eigenvalue weighted by atomic mass is 10.3. The summed E-state index contributed by atoms with van der Waals surface area (Å²) in [6.45, 7) is -0.108. The predicted octanol–water partition coefficient (Wildman–Crippen LogP) is 1.37. The van der Waals surface area contributed by atoms with E-state index in [1.807, 2.05) is 0 Å². The Morgan fingerprint density at radius 1 is 1.35 bits per heavy atom. The average molecular weight is 311 g/mol. The third-order valence-electron chi connectivity index (χ3n) is 2.56. The van der Waals surface area contributed by atoms with Crippen LogP contribution in [0.5, 0.6) is 0 Å². The lowest BCUT2D eigenvalue weighted by molar-refractivity contribution is -0.135. The van der Waals surface area contributed by atoms with Crippen LogP contribution in [0.25, 0.3) is 0 Å². The second kappa shape index (κ2) is 6.51. The lowest BCUT2D eigenvalue weighted by Gasteiger charge is -2.17. The van der Waals surface area contributed by atoms with E-state index in [1.165, 1.54) is 12.3 Å². The van der Waals surface area contributed by atoms with E-state index in [-0.39, 0.29) is 5.03 Å². The van der Waals surface area contributed by atoms with Crippen LogP contribution in [0.2, 0.25) is 0 Å². The number of hydrogen-bond donors (Lipinski definition) is 1. The fourth-order valence-electron chi connectivity index (χ4n) is 1.44. The maximum absolute atomic E-state index is 12.1. The molecule has 1 N–H and O–H groups in total. The number of nitrogens with zero attached hydrogens (tertiary/aromatic N) is 2. The Kier molecular flexibility index (Phi) is 5.49. The Morgan fingerprint density at radius 2 is 2.00 bits per heavy atom. The van der Waals surface area contributed by atoms with Gasteiger partial charge in [0.05, 0.1) is 6.42 Å². The van der Waals surface area contributed by atoms with E-state index in [9.17, 15) is 21.6 Å². The summed E-state index contributed by atoms with van der Waals surface area (Å²) in [5.41, 5.74) is 0.782. The molecule has 0 radical (unpaired) electrons. The summed E-state index contributed by atoms with van der Waals surface area (Å²) >= 11 is 0. The zero-order valence-corrected chi connectivity index (χ0v) is 11.9. The van der Waals surface area contributed by atoms with Crippen molar-refractivity contribution in [2.45, 2.75) is 24.2 Å². The van der Waals surface area contributed by atoms with Crippen LogP contribution in [0.3, 0.4) is 0 Å². The molecule has 9 heteroatoms. The summed E-state index contributed by atoms with van der Waals surface area (Å²) in [4.78, 5) is 3.78. The van der Waals surface area contributed by atoms with E-state index in [1.54, 1.807) is 13.1 Å². The highest BCUT2D eigenvalue weighted by molar-refractivity contribution is 7.89. The van der Waals surface area contributed by atoms with Crippen LogP contribution in [-0.2, 0) is 16.6 Å². The van der Waals surface area contributed by atoms with Gasteiger partial charge < -0.3 is 5.32 Å². The second-order valence-electron chi connectivity index (χ2n) is 4.23. The largest absolute Gasteiger partial charge is 0.390 e. The summed E-state index contributed by atoms with van der Waals surface area (Å²) in [7, 11) is -1.16. The molecule has 1 aromatic heterocycles. The molecule has 0 aliphatic heterocycles. The molecule has 1 heterocycles. The molecule has 0 fully saturated rings. The van der Waals surface area contributed by atoms with Crippen molar-refractivity contribution in [3.8, 4) is 0 Å². The van der Waals surface area contributed by atoms with Crippen molar-refractivity contribution < 1.29 is 21.6 Å². The zero-order chi connectivity index (χ0) is 15.4. The van der Waals surface area contributed by atoms with Crippen LogP contribution in [0, 0.1) is 0 Å². The molecule has 0 amide bonds. The van der Waals surface area contributed by atoms with Crippen molar-refractivity contribution in [1.82, 2.24) is 14.6 Å². The summed E-state index contributed by atoms with van der Waals surface area (Å²) in [5, 5.41) is 2.61. The van der Waals surface area contributed by atoms with Crippen molar-refractivity contribution in [2.24, 2.45) is 0 Å². The number of hydrogen-bond acceptors (Lipinski definition) is 4. The minimum Gasteiger partial charge on any atom is -0.316 e. The summed E-state index contributed by atoms with van der Waals surface area (Å²) < 4.78 is 61.0. The third-order valence-corrected chi connectivity index (χ3v) is 4.34. The highest BCUT2D eigenvalue weighted by atomic mass is 32.2. The molecule has 0 saturated heterocycles. The van der Waals surface area contributed by atoms with Crippen LogP contribution in [0.1, 0.15) is 12.0 Å². The number of alkyl halides is 3. The van der Waals surface area contributed by atoms with Gasteiger partial charge in [0.25, 0.3) is 10.0 Å². The van der Waals surface area contributed by atoms with Crippen molar-refractivity contribution in [2.75, 3.05) is 20.6 Å². The van der Waals surface area contributed by atoms with E-state index in [2.05, 4.69) is 10.3 Å². The molecule has 0 aliphatic carbocycles. The molecule has 114 valence electrons. The molecule has 0 saturated carbocycles. The summed E-state index contributed by atoms with van der Waals surface area (Å²) in [5.74, 6) is 0. The van der Waals surface area contributed by atoms with Crippen molar-refractivity contribution in [3.63, 3.8) is 0 Å². The molecule has 0 unspecified atom stereocenters. The SMILES string of the molecule is CNCc1ccc(S(=O)(=O)N(C)CCC(F)(F)F)nc1. The highest BCUT2D eigenvalue weighted by Gasteiger charge is 2.30. The van der Waals surface area contributed by atoms with E-state index in [0.717, 1.165) is 12.6 Å². The molecular weight excluding hydrogens is 295 g/mol. The van der Waals surface area contributed by atoms with E-state index in [4.69, 9.17) is 0 Å². The maximum atomic E-state index is 12.1. The van der Waals surface area contributed by atoms with Crippen LogP contribution in [0.15, 0.2) is 23.4 Å². The van der Waals surface area contributed by atoms with Gasteiger partial charge in [0.1, 0.15) is 0 Å². The number of sulfonamides is 1.